The predicted octanol–water partition coefficient (Wildman–Crippen LogP) is 3.94. The molecule has 4 heterocycles. The number of anilines is 1. The van der Waals surface area contributed by atoms with Crippen LogP contribution < -0.4 is 11.1 Å². The first-order valence-corrected chi connectivity index (χ1v) is 16.5. The third-order valence-electron chi connectivity index (χ3n) is 9.02. The number of likely N-dealkylation sites (tertiary alicyclic amines) is 1. The first-order chi connectivity index (χ1) is 19.5. The van der Waals surface area contributed by atoms with E-state index < -0.39 is 27.0 Å². The zero-order valence-corrected chi connectivity index (χ0v) is 24.8. The van der Waals surface area contributed by atoms with Crippen LogP contribution in [0.15, 0.2) is 17.0 Å². The minimum Gasteiger partial charge on any atom is -0.382 e. The van der Waals surface area contributed by atoms with E-state index in [-0.39, 0.29) is 36.7 Å². The van der Waals surface area contributed by atoms with Gasteiger partial charge in [-0.05, 0) is 75.6 Å². The Morgan fingerprint density at radius 2 is 1.88 bits per heavy atom. The molecule has 1 saturated heterocycles. The molecule has 1 aromatic heterocycles. The highest BCUT2D eigenvalue weighted by Crippen LogP contribution is 2.44. The molecule has 224 valence electrons. The fourth-order valence-corrected chi connectivity index (χ4v) is 9.57. The standard InChI is InChI=1S/C30H41FN4O5S/c1-30(2)15-25-28(41(37,38)18-30)22-16-39-17-26(22)35(25)20-13-23(31)27(29(32)36)24(14-20)33-19-5-7-21(8-6-19)40-12-11-34-9-3-4-10-34/h13-14,19,21,33H,3-12,15-18H2,1-2H3,(H2,32,36)/t19-,21-. The van der Waals surface area contributed by atoms with Gasteiger partial charge in [-0.1, -0.05) is 13.8 Å². The number of carbonyl (C=O) groups is 1. The lowest BCUT2D eigenvalue weighted by atomic mass is 9.89. The van der Waals surface area contributed by atoms with Gasteiger partial charge in [-0.2, -0.15) is 0 Å². The fraction of sp³-hybridized carbons (Fsp3) is 0.633. The smallest absolute Gasteiger partial charge is 0.253 e. The van der Waals surface area contributed by atoms with Crippen molar-refractivity contribution in [3.8, 4) is 5.69 Å². The summed E-state index contributed by atoms with van der Waals surface area (Å²) in [6.45, 7) is 8.35. The second kappa shape index (κ2) is 11.0. The molecular formula is C30H41FN4O5S. The number of nitrogens with two attached hydrogens (primary N) is 1. The van der Waals surface area contributed by atoms with Gasteiger partial charge in [0.25, 0.3) is 5.91 Å². The second-order valence-electron chi connectivity index (χ2n) is 12.9. The summed E-state index contributed by atoms with van der Waals surface area (Å²) in [5.74, 6) is -1.53. The molecule has 0 atom stereocenters. The van der Waals surface area contributed by atoms with E-state index >= 15 is 4.39 Å². The van der Waals surface area contributed by atoms with Crippen LogP contribution in [0.4, 0.5) is 10.1 Å². The molecule has 0 bridgehead atoms. The maximum absolute atomic E-state index is 15.6. The Morgan fingerprint density at radius 3 is 2.59 bits per heavy atom. The van der Waals surface area contributed by atoms with Crippen LogP contribution in [0, 0.1) is 11.2 Å². The number of ether oxygens (including phenoxy) is 2. The van der Waals surface area contributed by atoms with Gasteiger partial charge in [-0.15, -0.1) is 0 Å². The van der Waals surface area contributed by atoms with Gasteiger partial charge in [0.15, 0.2) is 9.84 Å². The van der Waals surface area contributed by atoms with E-state index in [0.717, 1.165) is 57.6 Å². The Morgan fingerprint density at radius 1 is 1.15 bits per heavy atom. The highest BCUT2D eigenvalue weighted by Gasteiger charge is 2.43. The number of amides is 1. The average molecular weight is 589 g/mol. The van der Waals surface area contributed by atoms with Crippen molar-refractivity contribution in [1.29, 1.82) is 0 Å². The number of rotatable bonds is 8. The van der Waals surface area contributed by atoms with Crippen molar-refractivity contribution >= 4 is 21.4 Å². The average Bonchev–Trinajstić information content (AvgIpc) is 3.61. The number of aromatic nitrogens is 1. The molecule has 1 aromatic carbocycles. The van der Waals surface area contributed by atoms with Gasteiger partial charge in [-0.25, -0.2) is 12.8 Å². The third-order valence-corrected chi connectivity index (χ3v) is 11.3. The zero-order chi connectivity index (χ0) is 28.9. The van der Waals surface area contributed by atoms with Crippen molar-refractivity contribution in [3.05, 3.63) is 40.5 Å². The Hall–Kier alpha value is -2.47. The summed E-state index contributed by atoms with van der Waals surface area (Å²) in [7, 11) is -3.54. The van der Waals surface area contributed by atoms with E-state index in [1.807, 2.05) is 18.4 Å². The summed E-state index contributed by atoms with van der Waals surface area (Å²) in [5.41, 5.74) is 7.81. The second-order valence-corrected chi connectivity index (χ2v) is 14.8. The van der Waals surface area contributed by atoms with Gasteiger partial charge in [-0.3, -0.25) is 4.79 Å². The molecule has 2 aromatic rings. The normalized spacial score (nSPS) is 25.1. The summed E-state index contributed by atoms with van der Waals surface area (Å²) < 4.78 is 56.0. The van der Waals surface area contributed by atoms with Gasteiger partial charge in [0.1, 0.15) is 5.82 Å². The van der Waals surface area contributed by atoms with Gasteiger partial charge in [0.05, 0.1) is 59.2 Å². The minimum absolute atomic E-state index is 0.0353. The number of carbonyl (C=O) groups excluding carboxylic acids is 1. The van der Waals surface area contributed by atoms with E-state index in [0.29, 0.717) is 33.9 Å². The Balaban J connectivity index is 1.26. The lowest BCUT2D eigenvalue weighted by Crippen LogP contribution is -2.33. The predicted molar refractivity (Wildman–Crippen MR) is 154 cm³/mol. The fourth-order valence-electron chi connectivity index (χ4n) is 7.22. The molecule has 9 nitrogen and oxygen atoms in total. The van der Waals surface area contributed by atoms with E-state index in [4.69, 9.17) is 15.2 Å². The number of nitrogens with zero attached hydrogens (tertiary/aromatic N) is 2. The number of nitrogens with one attached hydrogen (secondary N) is 1. The lowest BCUT2D eigenvalue weighted by Gasteiger charge is -2.32. The van der Waals surface area contributed by atoms with E-state index in [1.165, 1.54) is 18.9 Å². The molecule has 4 aliphatic rings. The first kappa shape index (κ1) is 28.6. The topological polar surface area (TPSA) is 116 Å². The molecule has 1 aliphatic carbocycles. The van der Waals surface area contributed by atoms with Crippen LogP contribution in [0.1, 0.15) is 79.7 Å². The van der Waals surface area contributed by atoms with Crippen LogP contribution >= 0.6 is 0 Å². The maximum Gasteiger partial charge on any atom is 0.253 e. The van der Waals surface area contributed by atoms with Crippen molar-refractivity contribution < 1.29 is 27.1 Å². The summed E-state index contributed by atoms with van der Waals surface area (Å²) in [6, 6.07) is 3.05. The monoisotopic (exact) mass is 588 g/mol. The number of hydrogen-bond acceptors (Lipinski definition) is 7. The van der Waals surface area contributed by atoms with Crippen LogP contribution in [-0.2, 0) is 38.9 Å². The van der Waals surface area contributed by atoms with Crippen LogP contribution in [0.5, 0.6) is 0 Å². The molecule has 1 saturated carbocycles. The summed E-state index contributed by atoms with van der Waals surface area (Å²) in [6.07, 6.45) is 6.69. The Kier molecular flexibility index (Phi) is 7.67. The van der Waals surface area contributed by atoms with Crippen molar-refractivity contribution in [1.82, 2.24) is 9.47 Å². The molecular weight excluding hydrogens is 547 g/mol. The van der Waals surface area contributed by atoms with Gasteiger partial charge in [0.2, 0.25) is 0 Å². The van der Waals surface area contributed by atoms with Gasteiger partial charge >= 0.3 is 0 Å². The molecule has 0 radical (unpaired) electrons. The Labute approximate surface area is 241 Å². The van der Waals surface area contributed by atoms with Crippen LogP contribution in [0.25, 0.3) is 5.69 Å². The molecule has 2 fully saturated rings. The molecule has 3 N–H and O–H groups in total. The van der Waals surface area contributed by atoms with Crippen molar-refractivity contribution in [2.45, 2.75) is 89.0 Å². The zero-order valence-electron chi connectivity index (χ0n) is 24.0. The highest BCUT2D eigenvalue weighted by atomic mass is 32.2. The number of hydrogen-bond donors (Lipinski definition) is 2. The van der Waals surface area contributed by atoms with Crippen molar-refractivity contribution in [2.75, 3.05) is 37.3 Å². The number of fused-ring (bicyclic) bond motifs is 3. The SMILES string of the molecule is CC1(C)Cc2c(c3c(n2-c2cc(F)c(C(N)=O)c(N[C@H]4CC[C@H](OCCN5CCCC5)CC4)c2)COC3)S(=O)(=O)C1. The quantitative estimate of drug-likeness (QED) is 0.480. The third kappa shape index (κ3) is 5.66. The highest BCUT2D eigenvalue weighted by molar-refractivity contribution is 7.91. The Bertz CT molecular complexity index is 1440. The molecule has 0 unspecified atom stereocenters. The van der Waals surface area contributed by atoms with Gasteiger partial charge < -0.3 is 30.0 Å². The number of halogens is 1. The minimum atomic E-state index is -3.54. The molecule has 6 rings (SSSR count). The first-order valence-electron chi connectivity index (χ1n) is 14.8. The maximum atomic E-state index is 15.6. The van der Waals surface area contributed by atoms with Crippen LogP contribution in [0.2, 0.25) is 0 Å². The molecule has 11 heteroatoms. The largest absolute Gasteiger partial charge is 0.382 e. The van der Waals surface area contributed by atoms with E-state index in [2.05, 4.69) is 10.2 Å². The van der Waals surface area contributed by atoms with Crippen LogP contribution in [0.3, 0.4) is 0 Å². The molecule has 1 amide bonds. The van der Waals surface area contributed by atoms with E-state index in [1.54, 1.807) is 6.07 Å². The van der Waals surface area contributed by atoms with Gasteiger partial charge in [0, 0.05) is 23.8 Å². The lowest BCUT2D eigenvalue weighted by molar-refractivity contribution is 0.0170. The van der Waals surface area contributed by atoms with Crippen molar-refractivity contribution in [2.24, 2.45) is 11.1 Å². The molecule has 0 spiro atoms. The van der Waals surface area contributed by atoms with Crippen molar-refractivity contribution in [3.63, 3.8) is 0 Å². The van der Waals surface area contributed by atoms with E-state index in [9.17, 15) is 13.2 Å². The summed E-state index contributed by atoms with van der Waals surface area (Å²) >= 11 is 0. The summed E-state index contributed by atoms with van der Waals surface area (Å²) in [5, 5.41) is 3.41. The molecule has 3 aliphatic heterocycles. The number of sulfone groups is 1. The van der Waals surface area contributed by atoms with Crippen LogP contribution in [-0.4, -0.2) is 67.9 Å². The number of primary amides is 1. The molecule has 41 heavy (non-hydrogen) atoms. The summed E-state index contributed by atoms with van der Waals surface area (Å²) in [4.78, 5) is 15.1. The number of benzene rings is 1.